The van der Waals surface area contributed by atoms with Gasteiger partial charge < -0.3 is 9.47 Å². The van der Waals surface area contributed by atoms with Gasteiger partial charge in [0.1, 0.15) is 0 Å². The summed E-state index contributed by atoms with van der Waals surface area (Å²) in [7, 11) is 1.62. The molecule has 1 heterocycles. The molecule has 0 spiro atoms. The molecule has 1 amide bonds. The van der Waals surface area contributed by atoms with Crippen LogP contribution in [0.4, 0.5) is 5.69 Å². The van der Waals surface area contributed by atoms with Gasteiger partial charge in [-0.2, -0.15) is 0 Å². The fourth-order valence-corrected chi connectivity index (χ4v) is 5.73. The SMILES string of the molecule is CCOc1c(Br)cc(/C=C2\SC(=Nc3ccccc3)N(C3CCCCC3)C2=O)cc1OC. The summed E-state index contributed by atoms with van der Waals surface area (Å²) in [5, 5.41) is 0.760. The third kappa shape index (κ3) is 5.04. The van der Waals surface area contributed by atoms with Crippen LogP contribution in [0, 0.1) is 0 Å². The Bertz CT molecular complexity index is 1030. The molecule has 2 aromatic carbocycles. The Hall–Kier alpha value is -2.25. The van der Waals surface area contributed by atoms with Crippen molar-refractivity contribution in [1.82, 2.24) is 4.90 Å². The van der Waals surface area contributed by atoms with Crippen LogP contribution in [-0.2, 0) is 4.79 Å². The number of methoxy groups -OCH3 is 1. The summed E-state index contributed by atoms with van der Waals surface area (Å²) in [5.74, 6) is 1.32. The number of nitrogens with zero attached hydrogens (tertiary/aromatic N) is 2. The van der Waals surface area contributed by atoms with E-state index in [4.69, 9.17) is 14.5 Å². The van der Waals surface area contributed by atoms with E-state index < -0.39 is 0 Å². The molecule has 1 aliphatic heterocycles. The second kappa shape index (κ2) is 10.6. The van der Waals surface area contributed by atoms with Crippen molar-refractivity contribution in [1.29, 1.82) is 0 Å². The normalized spacial score (nSPS) is 19.7. The molecule has 168 valence electrons. The predicted molar refractivity (Wildman–Crippen MR) is 135 cm³/mol. The number of rotatable bonds is 6. The third-order valence-corrected chi connectivity index (χ3v) is 7.17. The summed E-state index contributed by atoms with van der Waals surface area (Å²) < 4.78 is 12.0. The number of hydrogen-bond donors (Lipinski definition) is 0. The molecule has 4 rings (SSSR count). The number of carbonyl (C=O) groups excluding carboxylic acids is 1. The van der Waals surface area contributed by atoms with E-state index in [1.165, 1.54) is 18.2 Å². The predicted octanol–water partition coefficient (Wildman–Crippen LogP) is 6.79. The summed E-state index contributed by atoms with van der Waals surface area (Å²) in [6, 6.07) is 13.9. The first-order valence-electron chi connectivity index (χ1n) is 11.0. The van der Waals surface area contributed by atoms with Gasteiger partial charge in [-0.1, -0.05) is 37.5 Å². The molecule has 0 bridgehead atoms. The zero-order valence-corrected chi connectivity index (χ0v) is 20.7. The van der Waals surface area contributed by atoms with Gasteiger partial charge >= 0.3 is 0 Å². The second-order valence-electron chi connectivity index (χ2n) is 7.77. The molecule has 0 N–H and O–H groups in total. The van der Waals surface area contributed by atoms with Crippen LogP contribution < -0.4 is 9.47 Å². The average molecular weight is 515 g/mol. The maximum Gasteiger partial charge on any atom is 0.267 e. The quantitative estimate of drug-likeness (QED) is 0.398. The number of halogens is 1. The van der Waals surface area contributed by atoms with Crippen molar-refractivity contribution < 1.29 is 14.3 Å². The van der Waals surface area contributed by atoms with Crippen molar-refractivity contribution in [3.8, 4) is 11.5 Å². The number of carbonyl (C=O) groups is 1. The summed E-state index contributed by atoms with van der Waals surface area (Å²) in [6.07, 6.45) is 7.50. The highest BCUT2D eigenvalue weighted by molar-refractivity contribution is 9.10. The molecule has 7 heteroatoms. The molecular weight excluding hydrogens is 488 g/mol. The van der Waals surface area contributed by atoms with Gasteiger partial charge in [-0.3, -0.25) is 9.69 Å². The van der Waals surface area contributed by atoms with E-state index >= 15 is 0 Å². The van der Waals surface area contributed by atoms with E-state index in [2.05, 4.69) is 15.9 Å². The Morgan fingerprint density at radius 3 is 2.62 bits per heavy atom. The van der Waals surface area contributed by atoms with E-state index in [9.17, 15) is 4.79 Å². The van der Waals surface area contributed by atoms with Crippen LogP contribution in [0.2, 0.25) is 0 Å². The Balaban J connectivity index is 1.70. The minimum Gasteiger partial charge on any atom is -0.493 e. The molecule has 0 aromatic heterocycles. The van der Waals surface area contributed by atoms with Crippen LogP contribution in [-0.4, -0.2) is 35.7 Å². The van der Waals surface area contributed by atoms with E-state index in [0.717, 1.165) is 46.6 Å². The number of ether oxygens (including phenoxy) is 2. The number of amidine groups is 1. The van der Waals surface area contributed by atoms with E-state index in [0.29, 0.717) is 23.0 Å². The first kappa shape index (κ1) is 22.9. The summed E-state index contributed by atoms with van der Waals surface area (Å²) in [4.78, 5) is 20.9. The van der Waals surface area contributed by atoms with Gasteiger partial charge in [-0.15, -0.1) is 0 Å². The van der Waals surface area contributed by atoms with Crippen molar-refractivity contribution >= 4 is 50.5 Å². The highest BCUT2D eigenvalue weighted by atomic mass is 79.9. The lowest BCUT2D eigenvalue weighted by molar-refractivity contribution is -0.124. The smallest absolute Gasteiger partial charge is 0.267 e. The summed E-state index contributed by atoms with van der Waals surface area (Å²) >= 11 is 5.02. The maximum atomic E-state index is 13.5. The maximum absolute atomic E-state index is 13.5. The molecule has 0 unspecified atom stereocenters. The Morgan fingerprint density at radius 1 is 1.19 bits per heavy atom. The number of para-hydroxylation sites is 1. The summed E-state index contributed by atoms with van der Waals surface area (Å²) in [6.45, 7) is 2.47. The molecule has 2 fully saturated rings. The number of amides is 1. The summed E-state index contributed by atoms with van der Waals surface area (Å²) in [5.41, 5.74) is 1.73. The molecule has 2 aromatic rings. The van der Waals surface area contributed by atoms with Crippen molar-refractivity contribution in [2.75, 3.05) is 13.7 Å². The topological polar surface area (TPSA) is 51.1 Å². The zero-order valence-electron chi connectivity index (χ0n) is 18.3. The molecule has 0 radical (unpaired) electrons. The average Bonchev–Trinajstić information content (AvgIpc) is 3.11. The highest BCUT2D eigenvalue weighted by Gasteiger charge is 2.38. The largest absolute Gasteiger partial charge is 0.493 e. The van der Waals surface area contributed by atoms with Crippen LogP contribution in [0.1, 0.15) is 44.6 Å². The van der Waals surface area contributed by atoms with Gasteiger partial charge in [-0.05, 0) is 83.4 Å². The lowest BCUT2D eigenvalue weighted by Gasteiger charge is -2.30. The molecule has 1 saturated heterocycles. The lowest BCUT2D eigenvalue weighted by atomic mass is 9.94. The number of thioether (sulfide) groups is 1. The van der Waals surface area contributed by atoms with Gasteiger partial charge in [0.25, 0.3) is 5.91 Å². The Kier molecular flexibility index (Phi) is 7.58. The third-order valence-electron chi connectivity index (χ3n) is 5.60. The minimum atomic E-state index is 0.0283. The van der Waals surface area contributed by atoms with Crippen LogP contribution in [0.5, 0.6) is 11.5 Å². The van der Waals surface area contributed by atoms with Crippen LogP contribution in [0.25, 0.3) is 6.08 Å². The molecule has 2 aliphatic rings. The van der Waals surface area contributed by atoms with Crippen molar-refractivity contribution in [3.05, 3.63) is 57.4 Å². The highest BCUT2D eigenvalue weighted by Crippen LogP contribution is 2.41. The lowest BCUT2D eigenvalue weighted by Crippen LogP contribution is -2.40. The fourth-order valence-electron chi connectivity index (χ4n) is 4.10. The molecule has 1 aliphatic carbocycles. The monoisotopic (exact) mass is 514 g/mol. The molecular formula is C25H27BrN2O3S. The standard InChI is InChI=1S/C25H27BrN2O3S/c1-3-31-23-20(26)14-17(15-21(23)30-2)16-22-24(29)28(19-12-8-5-9-13-19)25(32-22)27-18-10-6-4-7-11-18/h4,6-7,10-11,14-16,19H,3,5,8-9,12-13H2,1-2H3/b22-16-,27-25?. The number of benzene rings is 2. The van der Waals surface area contributed by atoms with Gasteiger partial charge in [0.05, 0.1) is 28.8 Å². The van der Waals surface area contributed by atoms with Crippen molar-refractivity contribution in [2.24, 2.45) is 4.99 Å². The van der Waals surface area contributed by atoms with Crippen molar-refractivity contribution in [3.63, 3.8) is 0 Å². The van der Waals surface area contributed by atoms with Gasteiger partial charge in [0, 0.05) is 6.04 Å². The van der Waals surface area contributed by atoms with E-state index in [1.54, 1.807) is 7.11 Å². The van der Waals surface area contributed by atoms with E-state index in [1.807, 2.05) is 60.4 Å². The molecule has 0 atom stereocenters. The first-order valence-corrected chi connectivity index (χ1v) is 12.6. The number of aliphatic imine (C=N–C) groups is 1. The van der Waals surface area contributed by atoms with Crippen LogP contribution in [0.3, 0.4) is 0 Å². The minimum absolute atomic E-state index is 0.0283. The zero-order chi connectivity index (χ0) is 22.5. The molecule has 1 saturated carbocycles. The Morgan fingerprint density at radius 2 is 1.94 bits per heavy atom. The van der Waals surface area contributed by atoms with Crippen LogP contribution >= 0.6 is 27.7 Å². The second-order valence-corrected chi connectivity index (χ2v) is 9.64. The number of hydrogen-bond acceptors (Lipinski definition) is 5. The Labute approximate surface area is 202 Å². The van der Waals surface area contributed by atoms with Crippen LogP contribution in [0.15, 0.2) is 56.8 Å². The van der Waals surface area contributed by atoms with E-state index in [-0.39, 0.29) is 11.9 Å². The van der Waals surface area contributed by atoms with Gasteiger partial charge in [0.15, 0.2) is 16.7 Å². The molecule has 32 heavy (non-hydrogen) atoms. The molecule has 5 nitrogen and oxygen atoms in total. The first-order chi connectivity index (χ1) is 15.6. The van der Waals surface area contributed by atoms with Gasteiger partial charge in [0.2, 0.25) is 0 Å². The van der Waals surface area contributed by atoms with Gasteiger partial charge in [-0.25, -0.2) is 4.99 Å². The fraction of sp³-hybridized carbons (Fsp3) is 0.360. The van der Waals surface area contributed by atoms with Crippen molar-refractivity contribution in [2.45, 2.75) is 45.1 Å².